The van der Waals surface area contributed by atoms with Crippen LogP contribution < -0.4 is 4.90 Å². The molecule has 4 rings (SSSR count). The average Bonchev–Trinajstić information content (AvgIpc) is 2.95. The summed E-state index contributed by atoms with van der Waals surface area (Å²) in [5, 5.41) is 1.54. The highest BCUT2D eigenvalue weighted by atomic mass is 35.5. The molecule has 148 valence electrons. The van der Waals surface area contributed by atoms with Crippen molar-refractivity contribution < 1.29 is 11.0 Å². The van der Waals surface area contributed by atoms with Crippen LogP contribution in [-0.4, -0.2) is 58.7 Å². The van der Waals surface area contributed by atoms with Gasteiger partial charge in [0.25, 0.3) is 0 Å². The van der Waals surface area contributed by atoms with E-state index in [0.717, 1.165) is 47.6 Å². The molecular weight excluding hydrogens is 378 g/mol. The van der Waals surface area contributed by atoms with Crippen LogP contribution in [0.2, 0.25) is 5.02 Å². The van der Waals surface area contributed by atoms with Gasteiger partial charge >= 0.3 is 6.09 Å². The highest BCUT2D eigenvalue weighted by molar-refractivity contribution is 6.31. The lowest BCUT2D eigenvalue weighted by Gasteiger charge is -2.22. The molecule has 1 saturated heterocycles. The summed E-state index contributed by atoms with van der Waals surface area (Å²) in [5.74, 6) is 0.896. The number of carbonyl (C=O) groups is 1. The lowest BCUT2D eigenvalue weighted by Crippen LogP contribution is -2.35. The SMILES string of the molecule is CCOC(=O)N1CCCN(c2cccc(-c3c[nH]c4ncc(Cl)cc34)n2)CC1.[HH]. The van der Waals surface area contributed by atoms with Crippen molar-refractivity contribution in [3.63, 3.8) is 0 Å². The number of hydrogen-bond donors (Lipinski definition) is 1. The molecule has 0 spiro atoms. The minimum absolute atomic E-state index is 0. The normalized spacial score (nSPS) is 14.9. The van der Waals surface area contributed by atoms with Crippen LogP contribution in [-0.2, 0) is 4.74 Å². The summed E-state index contributed by atoms with van der Waals surface area (Å²) in [4.78, 5) is 28.3. The summed E-state index contributed by atoms with van der Waals surface area (Å²) in [6, 6.07) is 7.88. The van der Waals surface area contributed by atoms with Gasteiger partial charge in [-0.05, 0) is 31.5 Å². The Labute approximate surface area is 169 Å². The first kappa shape index (κ1) is 18.6. The Balaban J connectivity index is 0.00000240. The number of ether oxygens (including phenoxy) is 1. The molecule has 0 aromatic carbocycles. The Bertz CT molecular complexity index is 996. The molecule has 0 saturated carbocycles. The molecule has 0 bridgehead atoms. The van der Waals surface area contributed by atoms with E-state index in [9.17, 15) is 4.79 Å². The fourth-order valence-electron chi connectivity index (χ4n) is 3.48. The minimum Gasteiger partial charge on any atom is -0.450 e. The number of fused-ring (bicyclic) bond motifs is 1. The molecule has 0 atom stereocenters. The topological polar surface area (TPSA) is 74.3 Å². The molecule has 0 unspecified atom stereocenters. The Morgan fingerprint density at radius 3 is 3.07 bits per heavy atom. The maximum atomic E-state index is 12.0. The second-order valence-electron chi connectivity index (χ2n) is 6.66. The third-order valence-electron chi connectivity index (χ3n) is 4.85. The predicted octanol–water partition coefficient (Wildman–Crippen LogP) is 4.19. The quantitative estimate of drug-likeness (QED) is 0.712. The van der Waals surface area contributed by atoms with Crippen LogP contribution in [0, 0.1) is 0 Å². The van der Waals surface area contributed by atoms with Crippen molar-refractivity contribution in [3.05, 3.63) is 41.7 Å². The van der Waals surface area contributed by atoms with Crippen molar-refractivity contribution in [1.29, 1.82) is 0 Å². The summed E-state index contributed by atoms with van der Waals surface area (Å²) in [6.45, 7) is 5.10. The number of H-pyrrole nitrogens is 1. The molecule has 1 N–H and O–H groups in total. The molecule has 0 aliphatic carbocycles. The molecule has 4 heterocycles. The number of rotatable bonds is 3. The fourth-order valence-corrected chi connectivity index (χ4v) is 3.64. The van der Waals surface area contributed by atoms with Gasteiger partial charge in [0.15, 0.2) is 0 Å². The van der Waals surface area contributed by atoms with E-state index in [2.05, 4.69) is 14.9 Å². The van der Waals surface area contributed by atoms with Gasteiger partial charge in [-0.3, -0.25) is 0 Å². The van der Waals surface area contributed by atoms with Crippen LogP contribution >= 0.6 is 11.6 Å². The Kier molecular flexibility index (Phi) is 5.34. The van der Waals surface area contributed by atoms with Crippen molar-refractivity contribution in [2.75, 3.05) is 37.7 Å². The van der Waals surface area contributed by atoms with E-state index in [1.54, 1.807) is 11.1 Å². The van der Waals surface area contributed by atoms with Crippen LogP contribution in [0.25, 0.3) is 22.3 Å². The van der Waals surface area contributed by atoms with Gasteiger partial charge in [-0.1, -0.05) is 17.7 Å². The van der Waals surface area contributed by atoms with Crippen molar-refractivity contribution in [2.45, 2.75) is 13.3 Å². The number of aromatic nitrogens is 3. The summed E-state index contributed by atoms with van der Waals surface area (Å²) in [7, 11) is 0. The van der Waals surface area contributed by atoms with Crippen LogP contribution in [0.15, 0.2) is 36.7 Å². The zero-order valence-corrected chi connectivity index (χ0v) is 16.4. The minimum atomic E-state index is -0.241. The molecule has 1 aliphatic rings. The van der Waals surface area contributed by atoms with Gasteiger partial charge in [-0.2, -0.15) is 0 Å². The van der Waals surface area contributed by atoms with Gasteiger partial charge in [0.05, 0.1) is 17.3 Å². The molecule has 8 heteroatoms. The largest absolute Gasteiger partial charge is 0.450 e. The lowest BCUT2D eigenvalue weighted by atomic mass is 10.1. The first-order valence-electron chi connectivity index (χ1n) is 9.42. The number of nitrogens with one attached hydrogen (secondary N) is 1. The Morgan fingerprint density at radius 1 is 1.32 bits per heavy atom. The Morgan fingerprint density at radius 2 is 2.21 bits per heavy atom. The molecule has 28 heavy (non-hydrogen) atoms. The number of pyridine rings is 2. The lowest BCUT2D eigenvalue weighted by molar-refractivity contribution is 0.110. The molecular formula is C20H24ClN5O2. The highest BCUT2D eigenvalue weighted by Gasteiger charge is 2.21. The fraction of sp³-hybridized carbons (Fsp3) is 0.350. The van der Waals surface area contributed by atoms with Gasteiger partial charge < -0.3 is 19.5 Å². The van der Waals surface area contributed by atoms with E-state index in [0.29, 0.717) is 24.7 Å². The summed E-state index contributed by atoms with van der Waals surface area (Å²) in [6.07, 6.45) is 4.16. The molecule has 1 fully saturated rings. The predicted molar refractivity (Wildman–Crippen MR) is 112 cm³/mol. The van der Waals surface area contributed by atoms with E-state index in [-0.39, 0.29) is 7.52 Å². The second kappa shape index (κ2) is 8.06. The third kappa shape index (κ3) is 3.75. The van der Waals surface area contributed by atoms with E-state index in [1.165, 1.54) is 0 Å². The van der Waals surface area contributed by atoms with Crippen molar-refractivity contribution in [3.8, 4) is 11.3 Å². The smallest absolute Gasteiger partial charge is 0.409 e. The number of carbonyl (C=O) groups excluding carboxylic acids is 1. The number of amides is 1. The summed E-state index contributed by atoms with van der Waals surface area (Å²) < 4.78 is 5.13. The molecule has 1 aliphatic heterocycles. The number of nitrogens with zero attached hydrogens (tertiary/aromatic N) is 4. The van der Waals surface area contributed by atoms with Crippen LogP contribution in [0.5, 0.6) is 0 Å². The second-order valence-corrected chi connectivity index (χ2v) is 7.10. The highest BCUT2D eigenvalue weighted by Crippen LogP contribution is 2.29. The van der Waals surface area contributed by atoms with Gasteiger partial charge in [-0.15, -0.1) is 0 Å². The van der Waals surface area contributed by atoms with Gasteiger partial charge in [0, 0.05) is 50.9 Å². The van der Waals surface area contributed by atoms with E-state index < -0.39 is 0 Å². The molecule has 7 nitrogen and oxygen atoms in total. The molecule has 1 amide bonds. The number of anilines is 1. The van der Waals surface area contributed by atoms with Gasteiger partial charge in [-0.25, -0.2) is 14.8 Å². The zero-order chi connectivity index (χ0) is 19.5. The van der Waals surface area contributed by atoms with Crippen LogP contribution in [0.1, 0.15) is 14.8 Å². The molecule has 3 aromatic heterocycles. The standard InChI is InChI=1S/C20H22ClN5O2.H2/c1-2-28-20(27)26-8-4-7-25(9-10-26)18-6-3-5-17(24-18)16-13-23-19-15(16)11-14(21)12-22-19;/h3,5-6,11-13H,2,4,7-10H2,1H3,(H,22,23);1H. The first-order chi connectivity index (χ1) is 13.7. The van der Waals surface area contributed by atoms with Crippen LogP contribution in [0.4, 0.5) is 10.6 Å². The maximum absolute atomic E-state index is 12.0. The van der Waals surface area contributed by atoms with Crippen LogP contribution in [0.3, 0.4) is 0 Å². The van der Waals surface area contributed by atoms with Crippen molar-refractivity contribution >= 4 is 34.5 Å². The zero-order valence-electron chi connectivity index (χ0n) is 15.7. The van der Waals surface area contributed by atoms with Gasteiger partial charge in [0.1, 0.15) is 11.5 Å². The summed E-state index contributed by atoms with van der Waals surface area (Å²) in [5.41, 5.74) is 2.61. The molecule has 3 aromatic rings. The van der Waals surface area contributed by atoms with E-state index in [1.807, 2.05) is 37.4 Å². The van der Waals surface area contributed by atoms with E-state index >= 15 is 0 Å². The molecule has 0 radical (unpaired) electrons. The van der Waals surface area contributed by atoms with E-state index in [4.69, 9.17) is 21.3 Å². The van der Waals surface area contributed by atoms with Crippen molar-refractivity contribution in [1.82, 2.24) is 19.9 Å². The van der Waals surface area contributed by atoms with Crippen molar-refractivity contribution in [2.24, 2.45) is 0 Å². The van der Waals surface area contributed by atoms with Gasteiger partial charge in [0.2, 0.25) is 0 Å². The summed E-state index contributed by atoms with van der Waals surface area (Å²) >= 11 is 6.12. The number of halogens is 1. The monoisotopic (exact) mass is 401 g/mol. The number of hydrogen-bond acceptors (Lipinski definition) is 5. The number of aromatic amines is 1. The third-order valence-corrected chi connectivity index (χ3v) is 5.06. The maximum Gasteiger partial charge on any atom is 0.409 e. The first-order valence-corrected chi connectivity index (χ1v) is 9.80. The Hall–Kier alpha value is -2.80. The average molecular weight is 402 g/mol.